The van der Waals surface area contributed by atoms with Gasteiger partial charge in [0.15, 0.2) is 0 Å². The van der Waals surface area contributed by atoms with Gasteiger partial charge in [-0.3, -0.25) is 0 Å². The summed E-state index contributed by atoms with van der Waals surface area (Å²) in [6, 6.07) is 19.1. The minimum atomic E-state index is 0.771. The van der Waals surface area contributed by atoms with Crippen molar-refractivity contribution in [3.05, 3.63) is 82.8 Å². The van der Waals surface area contributed by atoms with E-state index in [9.17, 15) is 0 Å². The SMILES string of the molecule is Cc1ccc(-c2nc(Cc3ccccc3)nc3c2CCNC3)cc1. The van der Waals surface area contributed by atoms with Gasteiger partial charge in [0.1, 0.15) is 5.82 Å². The minimum Gasteiger partial charge on any atom is -0.311 e. The van der Waals surface area contributed by atoms with Gasteiger partial charge in [-0.05, 0) is 25.5 Å². The maximum Gasteiger partial charge on any atom is 0.133 e. The van der Waals surface area contributed by atoms with E-state index >= 15 is 0 Å². The number of hydrogen-bond acceptors (Lipinski definition) is 3. The number of nitrogens with one attached hydrogen (secondary N) is 1. The second-order valence-electron chi connectivity index (χ2n) is 6.37. The Morgan fingerprint density at radius 3 is 2.54 bits per heavy atom. The number of nitrogens with zero attached hydrogens (tertiary/aromatic N) is 2. The van der Waals surface area contributed by atoms with Crippen molar-refractivity contribution in [2.24, 2.45) is 0 Å². The Balaban J connectivity index is 1.79. The first-order valence-corrected chi connectivity index (χ1v) is 8.50. The fourth-order valence-corrected chi connectivity index (χ4v) is 3.22. The molecule has 4 rings (SSSR count). The molecule has 0 radical (unpaired) electrons. The number of aromatic nitrogens is 2. The van der Waals surface area contributed by atoms with Gasteiger partial charge in [-0.15, -0.1) is 0 Å². The number of hydrogen-bond donors (Lipinski definition) is 1. The molecular formula is C21H21N3. The summed E-state index contributed by atoms with van der Waals surface area (Å²) in [5, 5.41) is 3.43. The van der Waals surface area contributed by atoms with Crippen molar-refractivity contribution in [3.8, 4) is 11.3 Å². The summed E-state index contributed by atoms with van der Waals surface area (Å²) in [6.45, 7) is 3.94. The Labute approximate surface area is 142 Å². The van der Waals surface area contributed by atoms with E-state index in [1.54, 1.807) is 0 Å². The van der Waals surface area contributed by atoms with Crippen LogP contribution in [0.4, 0.5) is 0 Å². The lowest BCUT2D eigenvalue weighted by atomic mass is 9.98. The maximum absolute atomic E-state index is 4.94. The fraction of sp³-hybridized carbons (Fsp3) is 0.238. The largest absolute Gasteiger partial charge is 0.311 e. The summed E-state index contributed by atoms with van der Waals surface area (Å²) in [5.41, 5.74) is 7.26. The van der Waals surface area contributed by atoms with Gasteiger partial charge in [-0.2, -0.15) is 0 Å². The molecule has 0 fully saturated rings. The van der Waals surface area contributed by atoms with Crippen molar-refractivity contribution in [1.29, 1.82) is 0 Å². The van der Waals surface area contributed by atoms with Gasteiger partial charge < -0.3 is 5.32 Å². The summed E-state index contributed by atoms with van der Waals surface area (Å²) >= 11 is 0. The third-order valence-corrected chi connectivity index (χ3v) is 4.51. The third-order valence-electron chi connectivity index (χ3n) is 4.51. The lowest BCUT2D eigenvalue weighted by molar-refractivity contribution is 0.619. The number of benzene rings is 2. The Hall–Kier alpha value is -2.52. The zero-order valence-corrected chi connectivity index (χ0v) is 13.9. The van der Waals surface area contributed by atoms with Crippen molar-refractivity contribution in [1.82, 2.24) is 15.3 Å². The van der Waals surface area contributed by atoms with Crippen molar-refractivity contribution in [2.45, 2.75) is 26.3 Å². The van der Waals surface area contributed by atoms with E-state index in [4.69, 9.17) is 9.97 Å². The molecule has 0 aliphatic carbocycles. The highest BCUT2D eigenvalue weighted by molar-refractivity contribution is 5.64. The molecule has 0 amide bonds. The molecule has 3 nitrogen and oxygen atoms in total. The zero-order chi connectivity index (χ0) is 16.4. The predicted octanol–water partition coefficient (Wildman–Crippen LogP) is 3.69. The van der Waals surface area contributed by atoms with Crippen molar-refractivity contribution in [3.63, 3.8) is 0 Å². The van der Waals surface area contributed by atoms with Crippen LogP contribution >= 0.6 is 0 Å². The molecule has 2 aromatic carbocycles. The molecule has 1 aliphatic rings. The van der Waals surface area contributed by atoms with Crippen LogP contribution in [0.25, 0.3) is 11.3 Å². The number of aryl methyl sites for hydroxylation is 1. The standard InChI is InChI=1S/C21H21N3/c1-15-7-9-17(10-8-15)21-18-11-12-22-14-19(18)23-20(24-21)13-16-5-3-2-4-6-16/h2-10,22H,11-14H2,1H3. The van der Waals surface area contributed by atoms with Crippen LogP contribution in [0, 0.1) is 6.92 Å². The fourth-order valence-electron chi connectivity index (χ4n) is 3.22. The van der Waals surface area contributed by atoms with Gasteiger partial charge in [0.05, 0.1) is 11.4 Å². The first-order valence-electron chi connectivity index (χ1n) is 8.50. The van der Waals surface area contributed by atoms with Gasteiger partial charge in [-0.25, -0.2) is 9.97 Å². The molecule has 0 bridgehead atoms. The summed E-state index contributed by atoms with van der Waals surface area (Å²) in [6.07, 6.45) is 1.76. The van der Waals surface area contributed by atoms with Crippen LogP contribution in [0.2, 0.25) is 0 Å². The molecule has 3 heteroatoms. The summed E-state index contributed by atoms with van der Waals surface area (Å²) in [7, 11) is 0. The second kappa shape index (κ2) is 6.54. The summed E-state index contributed by atoms with van der Waals surface area (Å²) < 4.78 is 0. The van der Waals surface area contributed by atoms with E-state index in [2.05, 4.69) is 60.8 Å². The molecule has 2 heterocycles. The van der Waals surface area contributed by atoms with E-state index in [1.807, 2.05) is 6.07 Å². The first kappa shape index (κ1) is 15.0. The molecule has 0 unspecified atom stereocenters. The van der Waals surface area contributed by atoms with Crippen LogP contribution in [-0.2, 0) is 19.4 Å². The minimum absolute atomic E-state index is 0.771. The van der Waals surface area contributed by atoms with Crippen molar-refractivity contribution < 1.29 is 0 Å². The molecule has 0 spiro atoms. The molecule has 0 saturated heterocycles. The molecule has 0 atom stereocenters. The van der Waals surface area contributed by atoms with Gasteiger partial charge in [-0.1, -0.05) is 60.2 Å². The molecule has 24 heavy (non-hydrogen) atoms. The van der Waals surface area contributed by atoms with E-state index in [0.29, 0.717) is 0 Å². The van der Waals surface area contributed by atoms with E-state index in [-0.39, 0.29) is 0 Å². The first-order chi connectivity index (χ1) is 11.8. The molecule has 1 N–H and O–H groups in total. The lowest BCUT2D eigenvalue weighted by Crippen LogP contribution is -2.26. The molecule has 0 saturated carbocycles. The normalized spacial score (nSPS) is 13.5. The lowest BCUT2D eigenvalue weighted by Gasteiger charge is -2.20. The summed E-state index contributed by atoms with van der Waals surface area (Å²) in [4.78, 5) is 9.78. The third kappa shape index (κ3) is 3.08. The molecule has 120 valence electrons. The Kier molecular flexibility index (Phi) is 4.09. The van der Waals surface area contributed by atoms with Gasteiger partial charge in [0, 0.05) is 24.1 Å². The predicted molar refractivity (Wildman–Crippen MR) is 96.9 cm³/mol. The van der Waals surface area contributed by atoms with E-state index in [1.165, 1.54) is 22.3 Å². The monoisotopic (exact) mass is 315 g/mol. The maximum atomic E-state index is 4.94. The van der Waals surface area contributed by atoms with Gasteiger partial charge in [0.25, 0.3) is 0 Å². The van der Waals surface area contributed by atoms with E-state index < -0.39 is 0 Å². The average Bonchev–Trinajstić information content (AvgIpc) is 2.63. The van der Waals surface area contributed by atoms with E-state index in [0.717, 1.165) is 43.1 Å². The smallest absolute Gasteiger partial charge is 0.133 e. The van der Waals surface area contributed by atoms with Crippen LogP contribution < -0.4 is 5.32 Å². The highest BCUT2D eigenvalue weighted by Gasteiger charge is 2.18. The Bertz CT molecular complexity index is 839. The van der Waals surface area contributed by atoms with Crippen LogP contribution in [0.5, 0.6) is 0 Å². The summed E-state index contributed by atoms with van der Waals surface area (Å²) in [5.74, 6) is 0.902. The van der Waals surface area contributed by atoms with Crippen LogP contribution in [0.1, 0.15) is 28.2 Å². The van der Waals surface area contributed by atoms with Crippen molar-refractivity contribution >= 4 is 0 Å². The highest BCUT2D eigenvalue weighted by Crippen LogP contribution is 2.27. The topological polar surface area (TPSA) is 37.8 Å². The van der Waals surface area contributed by atoms with Gasteiger partial charge >= 0.3 is 0 Å². The highest BCUT2D eigenvalue weighted by atomic mass is 15.0. The quantitative estimate of drug-likeness (QED) is 0.801. The number of fused-ring (bicyclic) bond motifs is 1. The van der Waals surface area contributed by atoms with Crippen LogP contribution in [0.15, 0.2) is 54.6 Å². The molecule has 1 aromatic heterocycles. The Morgan fingerprint density at radius 2 is 1.75 bits per heavy atom. The van der Waals surface area contributed by atoms with Crippen molar-refractivity contribution in [2.75, 3.05) is 6.54 Å². The van der Waals surface area contributed by atoms with Crippen LogP contribution in [-0.4, -0.2) is 16.5 Å². The van der Waals surface area contributed by atoms with Gasteiger partial charge in [0.2, 0.25) is 0 Å². The Morgan fingerprint density at radius 1 is 0.958 bits per heavy atom. The number of rotatable bonds is 3. The molecular weight excluding hydrogens is 294 g/mol. The second-order valence-corrected chi connectivity index (χ2v) is 6.37. The average molecular weight is 315 g/mol. The van der Waals surface area contributed by atoms with Crippen LogP contribution in [0.3, 0.4) is 0 Å². The zero-order valence-electron chi connectivity index (χ0n) is 13.9. The molecule has 1 aliphatic heterocycles. The molecule has 3 aromatic rings.